The van der Waals surface area contributed by atoms with Crippen LogP contribution in [0.1, 0.15) is 70.0 Å². The van der Waals surface area contributed by atoms with Crippen LogP contribution in [0.5, 0.6) is 0 Å². The Kier molecular flexibility index (Phi) is 7.88. The molecule has 6 rings (SSSR count). The highest BCUT2D eigenvalue weighted by Crippen LogP contribution is 2.39. The normalized spacial score (nSPS) is 23.8. The molecule has 4 heterocycles. The third-order valence-electron chi connectivity index (χ3n) is 8.66. The van der Waals surface area contributed by atoms with Gasteiger partial charge >= 0.3 is 0 Å². The molecule has 0 spiro atoms. The number of nitrogens with zero attached hydrogens (tertiary/aromatic N) is 6. The Morgan fingerprint density at radius 3 is 1.72 bits per heavy atom. The summed E-state index contributed by atoms with van der Waals surface area (Å²) in [6.07, 6.45) is 6.55. The van der Waals surface area contributed by atoms with Crippen molar-refractivity contribution in [1.82, 2.24) is 30.6 Å². The second-order valence-electron chi connectivity index (χ2n) is 13.4. The lowest BCUT2D eigenvalue weighted by molar-refractivity contribution is 0.310. The average molecular weight is 537 g/mol. The number of anilines is 4. The van der Waals surface area contributed by atoms with Crippen molar-refractivity contribution in [2.75, 3.05) is 67.1 Å². The molecule has 1 unspecified atom stereocenters. The van der Waals surface area contributed by atoms with Crippen LogP contribution < -0.4 is 31.9 Å². The number of hydrogen-bond donors (Lipinski definition) is 4. The number of nitrogens with one attached hydrogen (secondary N) is 2. The number of nitrogen functional groups attached to an aromatic ring is 2. The van der Waals surface area contributed by atoms with Crippen LogP contribution in [-0.4, -0.2) is 71.8 Å². The van der Waals surface area contributed by atoms with Gasteiger partial charge in [0, 0.05) is 63.0 Å². The highest BCUT2D eigenvalue weighted by atomic mass is 15.3. The van der Waals surface area contributed by atoms with Crippen molar-refractivity contribution in [3.05, 3.63) is 22.5 Å². The maximum absolute atomic E-state index is 5.95. The van der Waals surface area contributed by atoms with Gasteiger partial charge in [-0.3, -0.25) is 0 Å². The van der Waals surface area contributed by atoms with E-state index in [0.29, 0.717) is 28.8 Å². The fourth-order valence-corrected chi connectivity index (χ4v) is 6.41. The zero-order valence-electron chi connectivity index (χ0n) is 24.6. The minimum absolute atomic E-state index is 0.321. The third kappa shape index (κ3) is 6.54. The number of aromatic nitrogens is 4. The van der Waals surface area contributed by atoms with Crippen LogP contribution in [0.15, 0.2) is 0 Å². The van der Waals surface area contributed by atoms with E-state index in [1.807, 2.05) is 0 Å². The maximum Gasteiger partial charge on any atom is 0.222 e. The highest BCUT2D eigenvalue weighted by molar-refractivity contribution is 5.54. The number of nitrogens with two attached hydrogens (primary N) is 2. The smallest absolute Gasteiger partial charge is 0.222 e. The van der Waals surface area contributed by atoms with Crippen molar-refractivity contribution in [3.63, 3.8) is 0 Å². The topological polar surface area (TPSA) is 134 Å². The Labute approximate surface area is 233 Å². The van der Waals surface area contributed by atoms with Crippen molar-refractivity contribution >= 4 is 23.5 Å². The molecule has 2 aromatic heterocycles. The maximum atomic E-state index is 5.95. The fourth-order valence-electron chi connectivity index (χ4n) is 6.41. The number of rotatable bonds is 2. The van der Waals surface area contributed by atoms with Crippen LogP contribution in [0, 0.1) is 10.8 Å². The van der Waals surface area contributed by atoms with Crippen LogP contribution in [0.3, 0.4) is 0 Å². The van der Waals surface area contributed by atoms with Crippen molar-refractivity contribution in [2.24, 2.45) is 10.8 Å². The largest absolute Gasteiger partial charge is 0.368 e. The minimum Gasteiger partial charge on any atom is -0.368 e. The second-order valence-corrected chi connectivity index (χ2v) is 13.4. The van der Waals surface area contributed by atoms with E-state index >= 15 is 0 Å². The fraction of sp³-hybridized carbons (Fsp3) is 0.724. The molecule has 2 aromatic rings. The number of piperazine rings is 2. The summed E-state index contributed by atoms with van der Waals surface area (Å²) in [5.41, 5.74) is 17.5. The Morgan fingerprint density at radius 2 is 1.21 bits per heavy atom. The zero-order chi connectivity index (χ0) is 27.8. The lowest BCUT2D eigenvalue weighted by Gasteiger charge is -2.37. The van der Waals surface area contributed by atoms with E-state index in [4.69, 9.17) is 11.5 Å². The summed E-state index contributed by atoms with van der Waals surface area (Å²) >= 11 is 0. The minimum atomic E-state index is 0.321. The molecular weight excluding hydrogens is 488 g/mol. The van der Waals surface area contributed by atoms with E-state index in [1.165, 1.54) is 24.0 Å². The van der Waals surface area contributed by atoms with E-state index < -0.39 is 0 Å². The average Bonchev–Trinajstić information content (AvgIpc) is 2.87. The summed E-state index contributed by atoms with van der Waals surface area (Å²) < 4.78 is 0. The summed E-state index contributed by atoms with van der Waals surface area (Å²) in [5, 5.41) is 6.85. The summed E-state index contributed by atoms with van der Waals surface area (Å²) in [4.78, 5) is 22.8. The first-order valence-electron chi connectivity index (χ1n) is 14.7. The van der Waals surface area contributed by atoms with Crippen LogP contribution in [0.2, 0.25) is 0 Å². The molecule has 1 atom stereocenters. The lowest BCUT2D eigenvalue weighted by Crippen LogP contribution is -2.50. The molecule has 2 saturated heterocycles. The van der Waals surface area contributed by atoms with Crippen molar-refractivity contribution in [1.29, 1.82) is 0 Å². The van der Waals surface area contributed by atoms with Gasteiger partial charge in [-0.15, -0.1) is 0 Å². The van der Waals surface area contributed by atoms with Gasteiger partial charge in [-0.2, -0.15) is 9.97 Å². The molecule has 6 N–H and O–H groups in total. The Hall–Kier alpha value is -2.72. The first-order valence-corrected chi connectivity index (χ1v) is 14.7. The zero-order valence-corrected chi connectivity index (χ0v) is 24.6. The van der Waals surface area contributed by atoms with Gasteiger partial charge in [-0.05, 0) is 56.3 Å². The van der Waals surface area contributed by atoms with Crippen LogP contribution in [0.25, 0.3) is 0 Å². The van der Waals surface area contributed by atoms with E-state index in [9.17, 15) is 0 Å². The van der Waals surface area contributed by atoms with E-state index in [2.05, 4.69) is 75.0 Å². The lowest BCUT2D eigenvalue weighted by atomic mass is 9.76. The number of fused-ring (bicyclic) bond motifs is 2. The molecule has 4 aliphatic rings. The third-order valence-corrected chi connectivity index (χ3v) is 8.66. The molecule has 0 aromatic carbocycles. The number of hydrogen-bond acceptors (Lipinski definition) is 10. The molecule has 39 heavy (non-hydrogen) atoms. The first kappa shape index (κ1) is 27.8. The van der Waals surface area contributed by atoms with Crippen molar-refractivity contribution < 1.29 is 0 Å². The van der Waals surface area contributed by atoms with Gasteiger partial charge in [0.1, 0.15) is 11.6 Å². The molecule has 0 amide bonds. The van der Waals surface area contributed by atoms with Gasteiger partial charge in [0.05, 0.1) is 11.4 Å². The molecule has 0 radical (unpaired) electrons. The van der Waals surface area contributed by atoms with Gasteiger partial charge in [0.2, 0.25) is 11.9 Å². The Bertz CT molecular complexity index is 1170. The quantitative estimate of drug-likeness (QED) is 0.453. The summed E-state index contributed by atoms with van der Waals surface area (Å²) in [5.74, 6) is 3.00. The Morgan fingerprint density at radius 1 is 0.718 bits per heavy atom. The predicted molar refractivity (Wildman–Crippen MR) is 159 cm³/mol. The first-order chi connectivity index (χ1) is 18.5. The molecule has 214 valence electrons. The van der Waals surface area contributed by atoms with Crippen molar-refractivity contribution in [3.8, 4) is 0 Å². The van der Waals surface area contributed by atoms with Crippen LogP contribution >= 0.6 is 0 Å². The second kappa shape index (κ2) is 11.0. The van der Waals surface area contributed by atoms with E-state index in [1.54, 1.807) is 0 Å². The molecule has 0 saturated carbocycles. The van der Waals surface area contributed by atoms with Crippen LogP contribution in [0.4, 0.5) is 23.5 Å². The van der Waals surface area contributed by atoms with Crippen LogP contribution in [-0.2, 0) is 25.7 Å². The SMILES string of the molecule is CC1(C)CCc2c(nc(N)nc2N2CCNCC2)C1.CC1CN(c2nc(N)nc3c2CCC(C)(C)C3)CCN1. The van der Waals surface area contributed by atoms with Gasteiger partial charge in [0.15, 0.2) is 0 Å². The van der Waals surface area contributed by atoms with Gasteiger partial charge in [0.25, 0.3) is 0 Å². The predicted octanol–water partition coefficient (Wildman–Crippen LogP) is 2.36. The van der Waals surface area contributed by atoms with Gasteiger partial charge in [-0.25, -0.2) is 9.97 Å². The molecule has 0 bridgehead atoms. The molecule has 10 nitrogen and oxygen atoms in total. The van der Waals surface area contributed by atoms with Gasteiger partial charge in [-0.1, -0.05) is 27.7 Å². The Balaban J connectivity index is 0.000000158. The molecular formula is C29H48N10. The highest BCUT2D eigenvalue weighted by Gasteiger charge is 2.32. The van der Waals surface area contributed by atoms with E-state index in [-0.39, 0.29) is 0 Å². The molecule has 2 fully saturated rings. The molecule has 2 aliphatic carbocycles. The van der Waals surface area contributed by atoms with Crippen molar-refractivity contribution in [2.45, 2.75) is 79.2 Å². The van der Waals surface area contributed by atoms with Gasteiger partial charge < -0.3 is 31.9 Å². The van der Waals surface area contributed by atoms with E-state index in [0.717, 1.165) is 94.5 Å². The standard InChI is InChI=1S/C15H25N5.C14H23N5/c1-10-9-20(7-6-17-10)13-11-4-5-15(2,3)8-12(11)18-14(16)19-13;1-14(2)4-3-10-11(9-14)17-13(15)18-12(10)19-7-5-16-6-8-19/h10,17H,4-9H2,1-3H3,(H2,16,18,19);16H,3-9H2,1-2H3,(H2,15,17,18). The summed E-state index contributed by atoms with van der Waals surface area (Å²) in [6.45, 7) is 18.5. The molecule has 2 aliphatic heterocycles. The monoisotopic (exact) mass is 536 g/mol. The summed E-state index contributed by atoms with van der Waals surface area (Å²) in [6, 6.07) is 0.496. The summed E-state index contributed by atoms with van der Waals surface area (Å²) in [7, 11) is 0. The molecule has 10 heteroatoms.